The van der Waals surface area contributed by atoms with E-state index >= 15 is 0 Å². The smallest absolute Gasteiger partial charge is 0.337 e. The van der Waals surface area contributed by atoms with Crippen molar-refractivity contribution in [3.05, 3.63) is 93.3 Å². The van der Waals surface area contributed by atoms with Crippen LogP contribution in [0.2, 0.25) is 0 Å². The van der Waals surface area contributed by atoms with E-state index in [2.05, 4.69) is 10.3 Å². The van der Waals surface area contributed by atoms with E-state index in [4.69, 9.17) is 10.7 Å². The number of para-hydroxylation sites is 1. The molecule has 37 heavy (non-hydrogen) atoms. The van der Waals surface area contributed by atoms with Gasteiger partial charge in [-0.05, 0) is 61.9 Å². The molecule has 0 saturated carbocycles. The molecular formula is C28H25N5O4. The van der Waals surface area contributed by atoms with Crippen LogP contribution in [0.1, 0.15) is 44.8 Å². The highest BCUT2D eigenvalue weighted by Gasteiger charge is 2.20. The summed E-state index contributed by atoms with van der Waals surface area (Å²) in [6.45, 7) is 3.81. The third-order valence-electron chi connectivity index (χ3n) is 6.50. The van der Waals surface area contributed by atoms with Crippen LogP contribution in [-0.4, -0.2) is 31.5 Å². The predicted octanol–water partition coefficient (Wildman–Crippen LogP) is 4.36. The molecule has 0 aliphatic carbocycles. The molecular weight excluding hydrogens is 470 g/mol. The van der Waals surface area contributed by atoms with Gasteiger partial charge in [-0.2, -0.15) is 0 Å². The number of hydrogen-bond donors (Lipinski definition) is 4. The number of carboxylic acid groups (broad SMARTS) is 1. The summed E-state index contributed by atoms with van der Waals surface area (Å²) in [4.78, 5) is 44.9. The Labute approximate surface area is 211 Å². The summed E-state index contributed by atoms with van der Waals surface area (Å²) in [6.07, 6.45) is 0. The first-order valence-electron chi connectivity index (χ1n) is 11.7. The van der Waals surface area contributed by atoms with Crippen LogP contribution in [0.25, 0.3) is 33.3 Å². The summed E-state index contributed by atoms with van der Waals surface area (Å²) in [7, 11) is 1.66. The lowest BCUT2D eigenvalue weighted by Crippen LogP contribution is -2.22. The van der Waals surface area contributed by atoms with Gasteiger partial charge in [0.15, 0.2) is 5.82 Å². The number of anilines is 1. The number of benzene rings is 3. The summed E-state index contributed by atoms with van der Waals surface area (Å²) in [5, 5.41) is 14.1. The molecule has 1 atom stereocenters. The number of hydrogen-bond acceptors (Lipinski definition) is 5. The van der Waals surface area contributed by atoms with Gasteiger partial charge in [0.25, 0.3) is 5.56 Å². The van der Waals surface area contributed by atoms with Crippen molar-refractivity contribution >= 4 is 39.4 Å². The fraction of sp³-hybridized carbons (Fsp3) is 0.143. The van der Waals surface area contributed by atoms with E-state index in [0.29, 0.717) is 33.7 Å². The quantitative estimate of drug-likeness (QED) is 0.276. The number of fused-ring (bicyclic) bond motifs is 2. The van der Waals surface area contributed by atoms with Crippen LogP contribution in [-0.2, 0) is 7.05 Å². The third-order valence-corrected chi connectivity index (χ3v) is 6.50. The van der Waals surface area contributed by atoms with Crippen LogP contribution in [0.3, 0.4) is 0 Å². The van der Waals surface area contributed by atoms with Gasteiger partial charge < -0.3 is 21.1 Å². The average molecular weight is 496 g/mol. The highest BCUT2D eigenvalue weighted by atomic mass is 16.4. The number of H-pyrrole nitrogens is 1. The molecule has 0 aliphatic rings. The Hall–Kier alpha value is -4.92. The fourth-order valence-corrected chi connectivity index (χ4v) is 4.64. The molecule has 0 saturated heterocycles. The minimum atomic E-state index is -1.03. The molecule has 9 nitrogen and oxygen atoms in total. The predicted molar refractivity (Wildman–Crippen MR) is 143 cm³/mol. The van der Waals surface area contributed by atoms with Gasteiger partial charge in [-0.3, -0.25) is 14.2 Å². The van der Waals surface area contributed by atoms with Gasteiger partial charge >= 0.3 is 5.97 Å². The molecule has 5 aromatic rings. The van der Waals surface area contributed by atoms with Crippen molar-refractivity contribution in [3.63, 3.8) is 0 Å². The molecule has 0 spiro atoms. The number of nitrogens with zero attached hydrogens (tertiary/aromatic N) is 2. The lowest BCUT2D eigenvalue weighted by atomic mass is 10.0. The van der Waals surface area contributed by atoms with Crippen molar-refractivity contribution in [3.8, 4) is 11.5 Å². The highest BCUT2D eigenvalue weighted by molar-refractivity contribution is 5.98. The Kier molecular flexibility index (Phi) is 5.75. The van der Waals surface area contributed by atoms with Gasteiger partial charge in [0.05, 0.1) is 28.2 Å². The maximum Gasteiger partial charge on any atom is 0.337 e. The Balaban J connectivity index is 1.67. The number of amides is 1. The van der Waals surface area contributed by atoms with Crippen molar-refractivity contribution in [2.24, 2.45) is 12.8 Å². The minimum Gasteiger partial charge on any atom is -0.478 e. The molecule has 9 heteroatoms. The van der Waals surface area contributed by atoms with E-state index in [-0.39, 0.29) is 17.2 Å². The fourth-order valence-electron chi connectivity index (χ4n) is 4.64. The number of aromatic nitrogens is 3. The van der Waals surface area contributed by atoms with Crippen molar-refractivity contribution in [2.45, 2.75) is 19.9 Å². The molecule has 5 rings (SSSR count). The topological polar surface area (TPSA) is 143 Å². The van der Waals surface area contributed by atoms with Crippen molar-refractivity contribution < 1.29 is 14.7 Å². The number of primary amides is 1. The molecule has 0 bridgehead atoms. The van der Waals surface area contributed by atoms with Crippen LogP contribution in [0, 0.1) is 6.92 Å². The number of carbonyl (C=O) groups is 2. The van der Waals surface area contributed by atoms with Crippen LogP contribution in [0.5, 0.6) is 0 Å². The van der Waals surface area contributed by atoms with Crippen LogP contribution >= 0.6 is 0 Å². The van der Waals surface area contributed by atoms with Crippen LogP contribution in [0.4, 0.5) is 5.69 Å². The van der Waals surface area contributed by atoms with E-state index < -0.39 is 11.9 Å². The zero-order valence-electron chi connectivity index (χ0n) is 20.5. The molecule has 2 aromatic heterocycles. The molecule has 5 N–H and O–H groups in total. The molecule has 186 valence electrons. The van der Waals surface area contributed by atoms with Crippen LogP contribution in [0.15, 0.2) is 65.5 Å². The lowest BCUT2D eigenvalue weighted by Gasteiger charge is -2.20. The SMILES string of the molecule is Cc1cc(C(C)Nc2ccccc2C(=O)O)c2nc(-c3cc4cc(C(N)=O)ccc4[nH]3)n(C)c(=O)c2c1. The molecule has 2 heterocycles. The van der Waals surface area contributed by atoms with E-state index in [1.807, 2.05) is 26.0 Å². The molecule has 0 radical (unpaired) electrons. The second kappa shape index (κ2) is 8.94. The molecule has 0 aliphatic heterocycles. The maximum atomic E-state index is 13.5. The van der Waals surface area contributed by atoms with Gasteiger partial charge in [-0.15, -0.1) is 0 Å². The molecule has 3 aromatic carbocycles. The van der Waals surface area contributed by atoms with Gasteiger partial charge in [-0.1, -0.05) is 18.2 Å². The number of carbonyl (C=O) groups excluding carboxylic acids is 1. The van der Waals surface area contributed by atoms with Gasteiger partial charge in [0.2, 0.25) is 5.91 Å². The van der Waals surface area contributed by atoms with Crippen molar-refractivity contribution in [1.82, 2.24) is 14.5 Å². The Morgan fingerprint density at radius 1 is 1.11 bits per heavy atom. The number of nitrogens with two attached hydrogens (primary N) is 1. The zero-order valence-corrected chi connectivity index (χ0v) is 20.5. The Bertz CT molecular complexity index is 1780. The van der Waals surface area contributed by atoms with Crippen LogP contribution < -0.4 is 16.6 Å². The first-order valence-corrected chi connectivity index (χ1v) is 11.7. The number of aryl methyl sites for hydroxylation is 1. The van der Waals surface area contributed by atoms with E-state index in [0.717, 1.165) is 22.0 Å². The van der Waals surface area contributed by atoms with Crippen molar-refractivity contribution in [2.75, 3.05) is 5.32 Å². The largest absolute Gasteiger partial charge is 0.478 e. The summed E-state index contributed by atoms with van der Waals surface area (Å²) < 4.78 is 1.49. The second-order valence-electron chi connectivity index (χ2n) is 9.12. The molecule has 1 amide bonds. The first-order chi connectivity index (χ1) is 17.6. The number of carboxylic acids is 1. The highest BCUT2D eigenvalue weighted by Crippen LogP contribution is 2.30. The van der Waals surface area contributed by atoms with Crippen molar-refractivity contribution in [1.29, 1.82) is 0 Å². The monoisotopic (exact) mass is 495 g/mol. The molecule has 0 fully saturated rings. The number of aromatic carboxylic acids is 1. The lowest BCUT2D eigenvalue weighted by molar-refractivity contribution is 0.0697. The van der Waals surface area contributed by atoms with E-state index in [1.54, 1.807) is 49.5 Å². The van der Waals surface area contributed by atoms with E-state index in [9.17, 15) is 19.5 Å². The summed E-state index contributed by atoms with van der Waals surface area (Å²) in [5.74, 6) is -1.12. The summed E-state index contributed by atoms with van der Waals surface area (Å²) in [6, 6.07) is 17.0. The third kappa shape index (κ3) is 4.20. The van der Waals surface area contributed by atoms with Gasteiger partial charge in [0, 0.05) is 34.8 Å². The van der Waals surface area contributed by atoms with Gasteiger partial charge in [0.1, 0.15) is 0 Å². The normalized spacial score (nSPS) is 12.1. The summed E-state index contributed by atoms with van der Waals surface area (Å²) >= 11 is 0. The number of nitrogens with one attached hydrogen (secondary N) is 2. The maximum absolute atomic E-state index is 13.5. The Morgan fingerprint density at radius 2 is 1.86 bits per heavy atom. The molecule has 1 unspecified atom stereocenters. The number of rotatable bonds is 6. The number of aromatic amines is 1. The average Bonchev–Trinajstić information content (AvgIpc) is 3.29. The summed E-state index contributed by atoms with van der Waals surface area (Å²) in [5.41, 5.74) is 9.79. The van der Waals surface area contributed by atoms with Gasteiger partial charge in [-0.25, -0.2) is 9.78 Å². The first kappa shape index (κ1) is 23.8. The standard InChI is InChI=1S/C28H25N5O4/c1-14-10-19(15(2)30-22-7-5-4-6-18(22)28(36)37)24-20(11-14)27(35)33(3)26(32-24)23-13-17-12-16(25(29)34)8-9-21(17)31-23/h4-13,15,30-31H,1-3H3,(H2,29,34)(H,36,37). The zero-order chi connectivity index (χ0) is 26.4. The Morgan fingerprint density at radius 3 is 2.59 bits per heavy atom. The second-order valence-corrected chi connectivity index (χ2v) is 9.12. The minimum absolute atomic E-state index is 0.157. The van der Waals surface area contributed by atoms with E-state index in [1.165, 1.54) is 10.6 Å².